The van der Waals surface area contributed by atoms with Gasteiger partial charge in [0, 0.05) is 42.0 Å². The van der Waals surface area contributed by atoms with Gasteiger partial charge in [-0.15, -0.1) is 10.2 Å². The van der Waals surface area contributed by atoms with Crippen LogP contribution in [0.1, 0.15) is 49.8 Å². The fourth-order valence-electron chi connectivity index (χ4n) is 3.15. The summed E-state index contributed by atoms with van der Waals surface area (Å²) >= 11 is 0. The molecule has 2 atom stereocenters. The largest absolute Gasteiger partial charge is 0.380 e. The van der Waals surface area contributed by atoms with Crippen molar-refractivity contribution in [1.29, 1.82) is 0 Å². The molecule has 0 saturated carbocycles. The first-order valence-electron chi connectivity index (χ1n) is 10.6. The highest BCUT2D eigenvalue weighted by atomic mass is 16.5. The summed E-state index contributed by atoms with van der Waals surface area (Å²) in [4.78, 5) is 16.3. The van der Waals surface area contributed by atoms with E-state index in [0.717, 1.165) is 22.2 Å². The Morgan fingerprint density at radius 2 is 2.00 bits per heavy atom. The van der Waals surface area contributed by atoms with Crippen LogP contribution in [-0.2, 0) is 4.74 Å². The van der Waals surface area contributed by atoms with Crippen LogP contribution >= 0.6 is 0 Å². The minimum atomic E-state index is -0.731. The van der Waals surface area contributed by atoms with Crippen LogP contribution in [0.5, 0.6) is 0 Å². The Bertz CT molecular complexity index is 1100. The molecule has 0 saturated heterocycles. The molecular formula is C21H31N9O2. The molecule has 32 heavy (non-hydrogen) atoms. The molecule has 2 aromatic heterocycles. The average molecular weight is 442 g/mol. The van der Waals surface area contributed by atoms with Crippen LogP contribution in [0, 0.1) is 6.92 Å². The number of hydrogen-bond acceptors (Lipinski definition) is 9. The van der Waals surface area contributed by atoms with Gasteiger partial charge in [0.25, 0.3) is 5.91 Å². The van der Waals surface area contributed by atoms with Gasteiger partial charge < -0.3 is 26.8 Å². The Morgan fingerprint density at radius 3 is 2.66 bits per heavy atom. The molecule has 0 aliphatic rings. The molecule has 3 aromatic rings. The number of hydrogen-bond donors (Lipinski definition) is 4. The summed E-state index contributed by atoms with van der Waals surface area (Å²) in [7, 11) is 0. The lowest BCUT2D eigenvalue weighted by Gasteiger charge is -2.21. The Hall–Kier alpha value is -3.31. The maximum Gasteiger partial charge on any atom is 0.273 e. The summed E-state index contributed by atoms with van der Waals surface area (Å²) in [6.07, 6.45) is 1.99. The number of nitrogens with one attached hydrogen (secondary N) is 2. The average Bonchev–Trinajstić information content (AvgIpc) is 3.17. The molecule has 1 aromatic carbocycles. The first kappa shape index (κ1) is 23.4. The predicted molar refractivity (Wildman–Crippen MR) is 124 cm³/mol. The Kier molecular flexibility index (Phi) is 7.21. The summed E-state index contributed by atoms with van der Waals surface area (Å²) in [6, 6.07) is 3.66. The molecule has 1 amide bonds. The summed E-state index contributed by atoms with van der Waals surface area (Å²) in [6.45, 7) is 10.9. The fraction of sp³-hybridized carbons (Fsp3) is 0.476. The van der Waals surface area contributed by atoms with E-state index in [4.69, 9.17) is 16.2 Å². The zero-order chi connectivity index (χ0) is 23.4. The van der Waals surface area contributed by atoms with Crippen molar-refractivity contribution in [2.75, 3.05) is 23.8 Å². The standard InChI is InChI=1S/C21H31N9O2/c1-6-32-10-16(22)13(5)24-21-26-20(18(19(23)31)27-28-21)25-15-7-12(4)17-14(8-15)9-30(29-17)11(2)3/h7-9,11,13,16H,6,10,22H2,1-5H3,(H2,23,31)(H2,24,25,26,28)/t13-,16+/m1/s1. The molecule has 3 rings (SSSR count). The fourth-order valence-corrected chi connectivity index (χ4v) is 3.15. The third-order valence-corrected chi connectivity index (χ3v) is 5.04. The molecule has 0 bridgehead atoms. The number of carbonyl (C=O) groups is 1. The van der Waals surface area contributed by atoms with Gasteiger partial charge in [-0.25, -0.2) is 0 Å². The number of ether oxygens (including phenoxy) is 1. The van der Waals surface area contributed by atoms with Gasteiger partial charge in [0.05, 0.1) is 12.1 Å². The number of carbonyl (C=O) groups excluding carboxylic acids is 1. The van der Waals surface area contributed by atoms with E-state index in [-0.39, 0.29) is 35.6 Å². The number of anilines is 3. The van der Waals surface area contributed by atoms with E-state index in [1.165, 1.54) is 0 Å². The quantitative estimate of drug-likeness (QED) is 0.369. The van der Waals surface area contributed by atoms with Gasteiger partial charge in [-0.2, -0.15) is 10.1 Å². The third kappa shape index (κ3) is 5.29. The van der Waals surface area contributed by atoms with Crippen LogP contribution in [0.15, 0.2) is 18.3 Å². The van der Waals surface area contributed by atoms with Crippen LogP contribution in [-0.4, -0.2) is 56.2 Å². The highest BCUT2D eigenvalue weighted by Crippen LogP contribution is 2.26. The molecule has 0 aliphatic heterocycles. The van der Waals surface area contributed by atoms with E-state index in [1.807, 2.05) is 43.8 Å². The number of nitrogens with zero attached hydrogens (tertiary/aromatic N) is 5. The molecule has 0 radical (unpaired) electrons. The second kappa shape index (κ2) is 9.88. The van der Waals surface area contributed by atoms with Gasteiger partial charge >= 0.3 is 0 Å². The minimum Gasteiger partial charge on any atom is -0.380 e. The van der Waals surface area contributed by atoms with Crippen molar-refractivity contribution in [2.45, 2.75) is 52.7 Å². The first-order chi connectivity index (χ1) is 15.2. The molecule has 11 nitrogen and oxygen atoms in total. The van der Waals surface area contributed by atoms with Crippen molar-refractivity contribution < 1.29 is 9.53 Å². The summed E-state index contributed by atoms with van der Waals surface area (Å²) in [5, 5.41) is 19.8. The second-order valence-corrected chi connectivity index (χ2v) is 8.01. The normalized spacial score (nSPS) is 13.3. The van der Waals surface area contributed by atoms with E-state index in [0.29, 0.717) is 13.2 Å². The van der Waals surface area contributed by atoms with E-state index in [9.17, 15) is 4.79 Å². The zero-order valence-electron chi connectivity index (χ0n) is 19.1. The van der Waals surface area contributed by atoms with E-state index < -0.39 is 5.91 Å². The maximum absolute atomic E-state index is 11.9. The number of fused-ring (bicyclic) bond motifs is 1. The lowest BCUT2D eigenvalue weighted by molar-refractivity contribution is 0.0995. The third-order valence-electron chi connectivity index (χ3n) is 5.04. The van der Waals surface area contributed by atoms with E-state index >= 15 is 0 Å². The van der Waals surface area contributed by atoms with Gasteiger partial charge in [-0.3, -0.25) is 9.48 Å². The van der Waals surface area contributed by atoms with Gasteiger partial charge in [-0.1, -0.05) is 0 Å². The number of primary amides is 1. The minimum absolute atomic E-state index is 0.0579. The lowest BCUT2D eigenvalue weighted by Crippen LogP contribution is -2.42. The van der Waals surface area contributed by atoms with Gasteiger partial charge in [0.15, 0.2) is 11.5 Å². The van der Waals surface area contributed by atoms with Crippen LogP contribution in [0.4, 0.5) is 17.5 Å². The van der Waals surface area contributed by atoms with Crippen LogP contribution in [0.25, 0.3) is 10.9 Å². The molecule has 172 valence electrons. The summed E-state index contributed by atoms with van der Waals surface area (Å²) in [5.74, 6) is -0.302. The zero-order valence-corrected chi connectivity index (χ0v) is 19.1. The molecule has 11 heteroatoms. The molecule has 0 spiro atoms. The van der Waals surface area contributed by atoms with Crippen molar-refractivity contribution in [3.05, 3.63) is 29.6 Å². The summed E-state index contributed by atoms with van der Waals surface area (Å²) < 4.78 is 7.28. The second-order valence-electron chi connectivity index (χ2n) is 8.01. The number of rotatable bonds is 10. The molecule has 0 unspecified atom stereocenters. The van der Waals surface area contributed by atoms with Crippen molar-refractivity contribution in [2.24, 2.45) is 11.5 Å². The highest BCUT2D eigenvalue weighted by Gasteiger charge is 2.19. The van der Waals surface area contributed by atoms with Crippen LogP contribution in [0.3, 0.4) is 0 Å². The molecule has 0 aliphatic carbocycles. The van der Waals surface area contributed by atoms with Crippen molar-refractivity contribution in [3.8, 4) is 0 Å². The van der Waals surface area contributed by atoms with Crippen LogP contribution < -0.4 is 22.1 Å². The first-order valence-corrected chi connectivity index (χ1v) is 10.6. The van der Waals surface area contributed by atoms with Crippen molar-refractivity contribution in [1.82, 2.24) is 25.0 Å². The van der Waals surface area contributed by atoms with E-state index in [2.05, 4.69) is 44.8 Å². The topological polar surface area (TPSA) is 159 Å². The molecule has 6 N–H and O–H groups in total. The number of benzene rings is 1. The molecule has 0 fully saturated rings. The van der Waals surface area contributed by atoms with Crippen molar-refractivity contribution in [3.63, 3.8) is 0 Å². The van der Waals surface area contributed by atoms with Crippen LogP contribution in [0.2, 0.25) is 0 Å². The van der Waals surface area contributed by atoms with Gasteiger partial charge in [0.1, 0.15) is 0 Å². The number of aromatic nitrogens is 5. The number of amides is 1. The molecule has 2 heterocycles. The number of aryl methyl sites for hydroxylation is 1. The lowest BCUT2D eigenvalue weighted by atomic mass is 10.1. The van der Waals surface area contributed by atoms with E-state index in [1.54, 1.807) is 0 Å². The highest BCUT2D eigenvalue weighted by molar-refractivity contribution is 5.96. The Balaban J connectivity index is 1.89. The summed E-state index contributed by atoms with van der Waals surface area (Å²) in [5.41, 5.74) is 14.2. The van der Waals surface area contributed by atoms with Gasteiger partial charge in [0.2, 0.25) is 5.95 Å². The Labute approximate surface area is 186 Å². The molecular weight excluding hydrogens is 410 g/mol. The monoisotopic (exact) mass is 441 g/mol. The van der Waals surface area contributed by atoms with Gasteiger partial charge in [-0.05, 0) is 52.3 Å². The maximum atomic E-state index is 11.9. The van der Waals surface area contributed by atoms with Crippen molar-refractivity contribution >= 4 is 34.3 Å². The SMILES string of the molecule is CCOC[C@H](N)[C@@H](C)Nc1nnc(C(N)=O)c(Nc2cc(C)c3nn(C(C)C)cc3c2)n1. The predicted octanol–water partition coefficient (Wildman–Crippen LogP) is 2.12. The smallest absolute Gasteiger partial charge is 0.273 e. The Morgan fingerprint density at radius 1 is 1.25 bits per heavy atom. The number of nitrogens with two attached hydrogens (primary N) is 2.